The lowest BCUT2D eigenvalue weighted by molar-refractivity contribution is 0.102. The van der Waals surface area contributed by atoms with Crippen LogP contribution in [0.25, 0.3) is 0 Å². The van der Waals surface area contributed by atoms with Crippen LogP contribution in [0.4, 0.5) is 0 Å². The van der Waals surface area contributed by atoms with Gasteiger partial charge in [0, 0.05) is 34.1 Å². The lowest BCUT2D eigenvalue weighted by Gasteiger charge is -2.44. The average molecular weight is 377 g/mol. The first-order chi connectivity index (χ1) is 11.9. The molecule has 0 aliphatic heterocycles. The van der Waals surface area contributed by atoms with Gasteiger partial charge < -0.3 is 4.57 Å². The standard InChI is InChI=1S/C21H29ClN2S/c1-21(2,3)19-7-5-4-6-18(19)20(14-24-13-12-23-15-24)25-17-10-8-16(22)9-11-17/h8-13,15,18-20H,4-7,14H2,1-3H3. The van der Waals surface area contributed by atoms with Crippen molar-refractivity contribution in [2.75, 3.05) is 0 Å². The Labute approximate surface area is 161 Å². The predicted octanol–water partition coefficient (Wildman–Crippen LogP) is 6.55. The minimum absolute atomic E-state index is 0.360. The van der Waals surface area contributed by atoms with Gasteiger partial charge in [-0.3, -0.25) is 0 Å². The molecule has 3 unspecified atom stereocenters. The third kappa shape index (κ3) is 5.04. The molecule has 3 rings (SSSR count). The molecule has 4 heteroatoms. The summed E-state index contributed by atoms with van der Waals surface area (Å²) >= 11 is 8.09. The molecule has 0 radical (unpaired) electrons. The van der Waals surface area contributed by atoms with Gasteiger partial charge >= 0.3 is 0 Å². The summed E-state index contributed by atoms with van der Waals surface area (Å²) in [6.45, 7) is 8.26. The third-order valence-electron chi connectivity index (χ3n) is 5.46. The number of halogens is 1. The summed E-state index contributed by atoms with van der Waals surface area (Å²) < 4.78 is 2.24. The largest absolute Gasteiger partial charge is 0.336 e. The van der Waals surface area contributed by atoms with E-state index < -0.39 is 0 Å². The normalized spacial score (nSPS) is 22.7. The zero-order chi connectivity index (χ0) is 17.9. The van der Waals surface area contributed by atoms with Crippen LogP contribution in [0.1, 0.15) is 46.5 Å². The van der Waals surface area contributed by atoms with Crippen molar-refractivity contribution in [2.45, 2.75) is 63.1 Å². The molecule has 0 N–H and O–H groups in total. The van der Waals surface area contributed by atoms with E-state index >= 15 is 0 Å². The van der Waals surface area contributed by atoms with Gasteiger partial charge in [0.15, 0.2) is 0 Å². The van der Waals surface area contributed by atoms with Crippen LogP contribution in [0, 0.1) is 17.3 Å². The SMILES string of the molecule is CC(C)(C)C1CCCCC1C(Cn1ccnc1)Sc1ccc(Cl)cc1. The van der Waals surface area contributed by atoms with Crippen molar-refractivity contribution < 1.29 is 0 Å². The molecule has 1 aromatic carbocycles. The van der Waals surface area contributed by atoms with E-state index in [-0.39, 0.29) is 0 Å². The first-order valence-corrected chi connectivity index (χ1v) is 10.6. The number of benzene rings is 1. The summed E-state index contributed by atoms with van der Waals surface area (Å²) in [5.41, 5.74) is 0.360. The van der Waals surface area contributed by atoms with Gasteiger partial charge in [-0.2, -0.15) is 0 Å². The van der Waals surface area contributed by atoms with E-state index in [1.807, 2.05) is 36.4 Å². The third-order valence-corrected chi connectivity index (χ3v) is 7.06. The zero-order valence-electron chi connectivity index (χ0n) is 15.5. The van der Waals surface area contributed by atoms with Crippen molar-refractivity contribution >= 4 is 23.4 Å². The Kier molecular flexibility index (Phi) is 6.17. The van der Waals surface area contributed by atoms with E-state index in [1.54, 1.807) is 0 Å². The van der Waals surface area contributed by atoms with Crippen LogP contribution in [-0.4, -0.2) is 14.8 Å². The van der Waals surface area contributed by atoms with Crippen molar-refractivity contribution in [1.29, 1.82) is 0 Å². The Morgan fingerprint density at radius 1 is 1.20 bits per heavy atom. The molecule has 2 aromatic rings. The lowest BCUT2D eigenvalue weighted by atomic mass is 9.65. The van der Waals surface area contributed by atoms with E-state index in [9.17, 15) is 0 Å². The second kappa shape index (κ2) is 8.18. The van der Waals surface area contributed by atoms with Crippen molar-refractivity contribution in [1.82, 2.24) is 9.55 Å². The summed E-state index contributed by atoms with van der Waals surface area (Å²) in [6, 6.07) is 8.31. The number of nitrogens with zero attached hydrogens (tertiary/aromatic N) is 2. The smallest absolute Gasteiger partial charge is 0.0946 e. The maximum Gasteiger partial charge on any atom is 0.0946 e. The Balaban J connectivity index is 1.84. The Bertz CT molecular complexity index is 646. The Morgan fingerprint density at radius 3 is 2.56 bits per heavy atom. The highest BCUT2D eigenvalue weighted by molar-refractivity contribution is 8.00. The van der Waals surface area contributed by atoms with E-state index in [0.29, 0.717) is 10.7 Å². The van der Waals surface area contributed by atoms with Gasteiger partial charge in [-0.15, -0.1) is 11.8 Å². The Morgan fingerprint density at radius 2 is 1.92 bits per heavy atom. The maximum absolute atomic E-state index is 6.07. The van der Waals surface area contributed by atoms with E-state index in [2.05, 4.69) is 48.7 Å². The number of hydrogen-bond donors (Lipinski definition) is 0. The topological polar surface area (TPSA) is 17.8 Å². The molecule has 1 aromatic heterocycles. The fourth-order valence-corrected chi connectivity index (χ4v) is 5.75. The molecular formula is C21H29ClN2S. The van der Waals surface area contributed by atoms with Crippen molar-refractivity contribution in [3.05, 3.63) is 48.0 Å². The molecule has 1 fully saturated rings. The van der Waals surface area contributed by atoms with Crippen molar-refractivity contribution in [3.63, 3.8) is 0 Å². The van der Waals surface area contributed by atoms with E-state index in [4.69, 9.17) is 11.6 Å². The molecule has 2 nitrogen and oxygen atoms in total. The summed E-state index contributed by atoms with van der Waals surface area (Å²) in [5, 5.41) is 1.36. The quantitative estimate of drug-likeness (QED) is 0.550. The van der Waals surface area contributed by atoms with E-state index in [0.717, 1.165) is 23.4 Å². The molecule has 0 saturated heterocycles. The molecule has 1 aliphatic carbocycles. The first-order valence-electron chi connectivity index (χ1n) is 9.31. The van der Waals surface area contributed by atoms with Crippen LogP contribution in [0.15, 0.2) is 47.9 Å². The molecule has 0 bridgehead atoms. The first kappa shape index (κ1) is 18.8. The Hall–Kier alpha value is -0.930. The van der Waals surface area contributed by atoms with Gasteiger partial charge in [-0.05, 0) is 54.4 Å². The summed E-state index contributed by atoms with van der Waals surface area (Å²) in [6.07, 6.45) is 11.3. The molecule has 1 aliphatic rings. The van der Waals surface area contributed by atoms with Crippen molar-refractivity contribution in [3.8, 4) is 0 Å². The van der Waals surface area contributed by atoms with Gasteiger partial charge in [0.2, 0.25) is 0 Å². The molecule has 25 heavy (non-hydrogen) atoms. The summed E-state index contributed by atoms with van der Waals surface area (Å²) in [4.78, 5) is 5.56. The highest BCUT2D eigenvalue weighted by Crippen LogP contribution is 2.47. The number of hydrogen-bond acceptors (Lipinski definition) is 2. The minimum Gasteiger partial charge on any atom is -0.336 e. The van der Waals surface area contributed by atoms with E-state index in [1.165, 1.54) is 30.6 Å². The van der Waals surface area contributed by atoms with Gasteiger partial charge in [0.1, 0.15) is 0 Å². The zero-order valence-corrected chi connectivity index (χ0v) is 17.1. The number of rotatable bonds is 5. The van der Waals surface area contributed by atoms with Crippen LogP contribution in [-0.2, 0) is 6.54 Å². The highest BCUT2D eigenvalue weighted by atomic mass is 35.5. The van der Waals surface area contributed by atoms with Crippen LogP contribution >= 0.6 is 23.4 Å². The molecule has 1 heterocycles. The number of imidazole rings is 1. The average Bonchev–Trinajstić information content (AvgIpc) is 3.08. The number of aromatic nitrogens is 2. The number of thioether (sulfide) groups is 1. The highest BCUT2D eigenvalue weighted by Gasteiger charge is 2.38. The van der Waals surface area contributed by atoms with Crippen LogP contribution in [0.5, 0.6) is 0 Å². The fraction of sp³-hybridized carbons (Fsp3) is 0.571. The molecular weight excluding hydrogens is 348 g/mol. The maximum atomic E-state index is 6.07. The molecule has 136 valence electrons. The van der Waals surface area contributed by atoms with Gasteiger partial charge in [-0.1, -0.05) is 45.2 Å². The predicted molar refractivity (Wildman–Crippen MR) is 108 cm³/mol. The lowest BCUT2D eigenvalue weighted by Crippen LogP contribution is -2.38. The molecule has 1 saturated carbocycles. The van der Waals surface area contributed by atoms with Crippen molar-refractivity contribution in [2.24, 2.45) is 17.3 Å². The fourth-order valence-electron chi connectivity index (χ4n) is 4.23. The minimum atomic E-state index is 0.360. The van der Waals surface area contributed by atoms with Gasteiger partial charge in [0.25, 0.3) is 0 Å². The molecule has 3 atom stereocenters. The van der Waals surface area contributed by atoms with Crippen LogP contribution in [0.3, 0.4) is 0 Å². The molecule has 0 amide bonds. The summed E-state index contributed by atoms with van der Waals surface area (Å²) in [7, 11) is 0. The monoisotopic (exact) mass is 376 g/mol. The van der Waals surface area contributed by atoms with Crippen LogP contribution < -0.4 is 0 Å². The van der Waals surface area contributed by atoms with Gasteiger partial charge in [0.05, 0.1) is 6.33 Å². The van der Waals surface area contributed by atoms with Gasteiger partial charge in [-0.25, -0.2) is 4.98 Å². The second-order valence-corrected chi connectivity index (χ2v) is 10.0. The second-order valence-electron chi connectivity index (χ2n) is 8.29. The summed E-state index contributed by atoms with van der Waals surface area (Å²) in [5.74, 6) is 1.51. The van der Waals surface area contributed by atoms with Crippen LogP contribution in [0.2, 0.25) is 5.02 Å². The molecule has 0 spiro atoms.